The summed E-state index contributed by atoms with van der Waals surface area (Å²) in [5.74, 6) is 0. The van der Waals surface area contributed by atoms with Crippen LogP contribution < -0.4 is 11.1 Å². The fraction of sp³-hybridized carbons (Fsp3) is 0.857. The molecule has 13 heavy (non-hydrogen) atoms. The minimum atomic E-state index is 0. The summed E-state index contributed by atoms with van der Waals surface area (Å²) in [5, 5.41) is 2.74. The number of nitrogens with two attached hydrogens (primary N) is 1. The molecule has 0 unspecified atom stereocenters. The zero-order chi connectivity index (χ0) is 8.27. The Morgan fingerprint density at radius 3 is 2.62 bits per heavy atom. The Labute approximate surface area is 91.0 Å². The Morgan fingerprint density at radius 1 is 1.62 bits per heavy atom. The van der Waals surface area contributed by atoms with E-state index in [4.69, 9.17) is 5.73 Å². The first kappa shape index (κ1) is 15.3. The van der Waals surface area contributed by atoms with Crippen LogP contribution in [0.1, 0.15) is 13.3 Å². The minimum absolute atomic E-state index is 0. The maximum Gasteiger partial charge on any atom is 0.317 e. The van der Waals surface area contributed by atoms with Crippen molar-refractivity contribution in [1.82, 2.24) is 10.2 Å². The van der Waals surface area contributed by atoms with E-state index >= 15 is 0 Å². The highest BCUT2D eigenvalue weighted by atomic mass is 35.5. The number of carbonyl (C=O) groups excluding carboxylic acids is 1. The van der Waals surface area contributed by atoms with Crippen molar-refractivity contribution in [3.63, 3.8) is 0 Å². The highest BCUT2D eigenvalue weighted by Crippen LogP contribution is 2.05. The van der Waals surface area contributed by atoms with Crippen molar-refractivity contribution in [1.29, 1.82) is 0 Å². The van der Waals surface area contributed by atoms with Crippen LogP contribution >= 0.6 is 24.8 Å². The number of halogens is 2. The maximum absolute atomic E-state index is 11.2. The molecule has 0 aliphatic carbocycles. The lowest BCUT2D eigenvalue weighted by Crippen LogP contribution is -2.39. The van der Waals surface area contributed by atoms with Crippen LogP contribution in [0.2, 0.25) is 0 Å². The number of amides is 2. The van der Waals surface area contributed by atoms with Gasteiger partial charge in [-0.15, -0.1) is 24.8 Å². The SMILES string of the molecule is CCNC(=O)N1CC[C@H](N)C1.Cl.Cl. The molecule has 1 rings (SSSR count). The van der Waals surface area contributed by atoms with Crippen LogP contribution in [0.5, 0.6) is 0 Å². The Bertz CT molecular complexity index is 157. The molecule has 1 heterocycles. The van der Waals surface area contributed by atoms with E-state index in [0.29, 0.717) is 13.1 Å². The van der Waals surface area contributed by atoms with E-state index in [-0.39, 0.29) is 36.9 Å². The molecule has 0 saturated carbocycles. The van der Waals surface area contributed by atoms with Gasteiger partial charge in [-0.25, -0.2) is 4.79 Å². The number of likely N-dealkylation sites (tertiary alicyclic amines) is 1. The molecule has 0 bridgehead atoms. The van der Waals surface area contributed by atoms with E-state index in [0.717, 1.165) is 13.0 Å². The lowest BCUT2D eigenvalue weighted by Gasteiger charge is -2.15. The molecule has 1 fully saturated rings. The number of hydrogen-bond donors (Lipinski definition) is 2. The van der Waals surface area contributed by atoms with Crippen LogP contribution in [0, 0.1) is 0 Å². The molecule has 4 nitrogen and oxygen atoms in total. The molecule has 1 aliphatic rings. The summed E-state index contributed by atoms with van der Waals surface area (Å²) in [7, 11) is 0. The summed E-state index contributed by atoms with van der Waals surface area (Å²) >= 11 is 0. The summed E-state index contributed by atoms with van der Waals surface area (Å²) in [5.41, 5.74) is 5.64. The Hall–Kier alpha value is -0.190. The second-order valence-corrected chi connectivity index (χ2v) is 2.83. The zero-order valence-electron chi connectivity index (χ0n) is 7.66. The summed E-state index contributed by atoms with van der Waals surface area (Å²) in [4.78, 5) is 12.9. The quantitative estimate of drug-likeness (QED) is 0.692. The van der Waals surface area contributed by atoms with Crippen LogP contribution in [0.15, 0.2) is 0 Å². The third-order valence-corrected chi connectivity index (χ3v) is 1.84. The number of nitrogens with one attached hydrogen (secondary N) is 1. The highest BCUT2D eigenvalue weighted by molar-refractivity contribution is 5.85. The van der Waals surface area contributed by atoms with E-state index in [1.807, 2.05) is 6.92 Å². The van der Waals surface area contributed by atoms with E-state index in [2.05, 4.69) is 5.32 Å². The first-order chi connectivity index (χ1) is 5.24. The molecule has 0 aromatic rings. The van der Waals surface area contributed by atoms with Gasteiger partial charge in [-0.05, 0) is 13.3 Å². The third-order valence-electron chi connectivity index (χ3n) is 1.84. The second-order valence-electron chi connectivity index (χ2n) is 2.83. The predicted molar refractivity (Wildman–Crippen MR) is 57.7 cm³/mol. The molecule has 3 N–H and O–H groups in total. The van der Waals surface area contributed by atoms with Crippen molar-refractivity contribution in [3.05, 3.63) is 0 Å². The molecule has 2 amide bonds. The van der Waals surface area contributed by atoms with Crippen LogP contribution in [-0.2, 0) is 0 Å². The van der Waals surface area contributed by atoms with E-state index in [1.54, 1.807) is 4.90 Å². The number of hydrogen-bond acceptors (Lipinski definition) is 2. The van der Waals surface area contributed by atoms with Gasteiger partial charge in [0, 0.05) is 25.7 Å². The molecular weight excluding hydrogens is 213 g/mol. The number of nitrogens with zero attached hydrogens (tertiary/aromatic N) is 1. The standard InChI is InChI=1S/C7H15N3O.2ClH/c1-2-9-7(11)10-4-3-6(8)5-10;;/h6H,2-5,8H2,1H3,(H,9,11);2*1H/t6-;;/m0../s1. The molecule has 0 spiro atoms. The van der Waals surface area contributed by atoms with Crippen molar-refractivity contribution < 1.29 is 4.79 Å². The minimum Gasteiger partial charge on any atom is -0.338 e. The Kier molecular flexibility index (Phi) is 8.51. The normalized spacial score (nSPS) is 20.2. The van der Waals surface area contributed by atoms with Gasteiger partial charge in [0.15, 0.2) is 0 Å². The summed E-state index contributed by atoms with van der Waals surface area (Å²) < 4.78 is 0. The van der Waals surface area contributed by atoms with Gasteiger partial charge in [0.2, 0.25) is 0 Å². The van der Waals surface area contributed by atoms with Crippen molar-refractivity contribution in [2.24, 2.45) is 5.73 Å². The summed E-state index contributed by atoms with van der Waals surface area (Å²) in [6, 6.07) is 0.193. The van der Waals surface area contributed by atoms with E-state index < -0.39 is 0 Å². The van der Waals surface area contributed by atoms with Gasteiger partial charge >= 0.3 is 6.03 Å². The largest absolute Gasteiger partial charge is 0.338 e. The summed E-state index contributed by atoms with van der Waals surface area (Å²) in [6.45, 7) is 4.09. The highest BCUT2D eigenvalue weighted by Gasteiger charge is 2.22. The molecule has 80 valence electrons. The van der Waals surface area contributed by atoms with Gasteiger partial charge in [0.1, 0.15) is 0 Å². The lowest BCUT2D eigenvalue weighted by atomic mass is 10.3. The zero-order valence-corrected chi connectivity index (χ0v) is 9.29. The maximum atomic E-state index is 11.2. The first-order valence-electron chi connectivity index (χ1n) is 4.02. The lowest BCUT2D eigenvalue weighted by molar-refractivity contribution is 0.209. The first-order valence-corrected chi connectivity index (χ1v) is 4.02. The van der Waals surface area contributed by atoms with Crippen molar-refractivity contribution in [3.8, 4) is 0 Å². The van der Waals surface area contributed by atoms with Crippen LogP contribution in [0.4, 0.5) is 4.79 Å². The monoisotopic (exact) mass is 229 g/mol. The number of carbonyl (C=O) groups is 1. The van der Waals surface area contributed by atoms with Gasteiger partial charge in [-0.1, -0.05) is 0 Å². The molecule has 0 radical (unpaired) electrons. The van der Waals surface area contributed by atoms with E-state index in [1.165, 1.54) is 0 Å². The Balaban J connectivity index is 0. The second kappa shape index (κ2) is 7.24. The van der Waals surface area contributed by atoms with Crippen LogP contribution in [0.3, 0.4) is 0 Å². The van der Waals surface area contributed by atoms with Gasteiger partial charge in [-0.3, -0.25) is 0 Å². The van der Waals surface area contributed by atoms with Crippen molar-refractivity contribution >= 4 is 30.8 Å². The van der Waals surface area contributed by atoms with E-state index in [9.17, 15) is 4.79 Å². The van der Waals surface area contributed by atoms with Crippen molar-refractivity contribution in [2.75, 3.05) is 19.6 Å². The molecule has 1 aliphatic heterocycles. The topological polar surface area (TPSA) is 58.4 Å². The fourth-order valence-corrected chi connectivity index (χ4v) is 1.23. The fourth-order valence-electron chi connectivity index (χ4n) is 1.23. The average molecular weight is 230 g/mol. The molecule has 1 atom stereocenters. The van der Waals surface area contributed by atoms with Crippen LogP contribution in [0.25, 0.3) is 0 Å². The average Bonchev–Trinajstić information content (AvgIpc) is 2.36. The number of rotatable bonds is 1. The molecular formula is C7H17Cl2N3O. The molecule has 0 aromatic heterocycles. The molecule has 0 aromatic carbocycles. The van der Waals surface area contributed by atoms with Gasteiger partial charge in [0.05, 0.1) is 0 Å². The predicted octanol–water partition coefficient (Wildman–Crippen LogP) is 0.593. The third kappa shape index (κ3) is 4.55. The molecule has 1 saturated heterocycles. The molecule has 6 heteroatoms. The van der Waals surface area contributed by atoms with Gasteiger partial charge in [-0.2, -0.15) is 0 Å². The number of urea groups is 1. The van der Waals surface area contributed by atoms with Gasteiger partial charge in [0.25, 0.3) is 0 Å². The van der Waals surface area contributed by atoms with Crippen molar-refractivity contribution in [2.45, 2.75) is 19.4 Å². The van der Waals surface area contributed by atoms with Crippen LogP contribution in [-0.4, -0.2) is 36.6 Å². The summed E-state index contributed by atoms with van der Waals surface area (Å²) in [6.07, 6.45) is 0.928. The van der Waals surface area contributed by atoms with Gasteiger partial charge < -0.3 is 16.0 Å². The smallest absolute Gasteiger partial charge is 0.317 e. The Morgan fingerprint density at radius 2 is 2.23 bits per heavy atom.